The van der Waals surface area contributed by atoms with E-state index in [2.05, 4.69) is 13.8 Å². The van der Waals surface area contributed by atoms with E-state index >= 15 is 0 Å². The van der Waals surface area contributed by atoms with E-state index in [4.69, 9.17) is 10.7 Å². The van der Waals surface area contributed by atoms with Gasteiger partial charge < -0.3 is 5.73 Å². The Morgan fingerprint density at radius 3 is 2.40 bits per heavy atom. The van der Waals surface area contributed by atoms with E-state index in [0.717, 1.165) is 5.84 Å². The molecular weight excluding hydrogens is 184 g/mol. The number of nitrogens with zero attached hydrogens (tertiary/aromatic N) is 1. The van der Waals surface area contributed by atoms with Crippen LogP contribution >= 0.6 is 0 Å². The van der Waals surface area contributed by atoms with E-state index in [1.807, 2.05) is 0 Å². The van der Waals surface area contributed by atoms with Crippen LogP contribution in [-0.2, 0) is 0 Å². The van der Waals surface area contributed by atoms with Gasteiger partial charge in [0.2, 0.25) is 0 Å². The van der Waals surface area contributed by atoms with Gasteiger partial charge in [0.05, 0.1) is 11.9 Å². The van der Waals surface area contributed by atoms with Gasteiger partial charge in [-0.2, -0.15) is 0 Å². The Bertz CT molecular complexity index is 249. The molecule has 0 spiro atoms. The Morgan fingerprint density at radius 2 is 1.87 bits per heavy atom. The van der Waals surface area contributed by atoms with Gasteiger partial charge in [0, 0.05) is 5.92 Å². The number of amidine groups is 1. The Kier molecular flexibility index (Phi) is 3.03. The molecule has 1 atom stereocenters. The smallest absolute Gasteiger partial charge is 0.0971 e. The van der Waals surface area contributed by atoms with Crippen LogP contribution in [0.2, 0.25) is 0 Å². The lowest BCUT2D eigenvalue weighted by atomic mass is 9.92. The van der Waals surface area contributed by atoms with Gasteiger partial charge >= 0.3 is 0 Å². The summed E-state index contributed by atoms with van der Waals surface area (Å²) in [5.74, 6) is 1.56. The zero-order valence-electron chi connectivity index (χ0n) is 10.1. The molecule has 0 aromatic rings. The quantitative estimate of drug-likeness (QED) is 0.549. The van der Waals surface area contributed by atoms with E-state index in [1.165, 1.54) is 44.9 Å². The fourth-order valence-electron chi connectivity index (χ4n) is 3.05. The highest BCUT2D eigenvalue weighted by Gasteiger charge is 2.31. The van der Waals surface area contributed by atoms with E-state index in [1.54, 1.807) is 0 Å². The summed E-state index contributed by atoms with van der Waals surface area (Å²) in [4.78, 5) is 4.75. The topological polar surface area (TPSA) is 38.4 Å². The zero-order chi connectivity index (χ0) is 10.9. The monoisotopic (exact) mass is 208 g/mol. The Labute approximate surface area is 93.3 Å². The van der Waals surface area contributed by atoms with Crippen molar-refractivity contribution in [3.05, 3.63) is 0 Å². The predicted octanol–water partition coefficient (Wildman–Crippen LogP) is 3.11. The maximum Gasteiger partial charge on any atom is 0.0971 e. The van der Waals surface area contributed by atoms with E-state index in [9.17, 15) is 0 Å². The van der Waals surface area contributed by atoms with Crippen LogP contribution in [0.25, 0.3) is 0 Å². The van der Waals surface area contributed by atoms with Gasteiger partial charge in [0.15, 0.2) is 0 Å². The van der Waals surface area contributed by atoms with Crippen molar-refractivity contribution in [1.82, 2.24) is 0 Å². The molecule has 0 heterocycles. The molecule has 2 saturated carbocycles. The first kappa shape index (κ1) is 11.0. The summed E-state index contributed by atoms with van der Waals surface area (Å²) in [7, 11) is 0. The Balaban J connectivity index is 1.92. The summed E-state index contributed by atoms with van der Waals surface area (Å²) in [6, 6.07) is 0.514. The predicted molar refractivity (Wildman–Crippen MR) is 65.0 cm³/mol. The fourth-order valence-corrected chi connectivity index (χ4v) is 3.05. The maximum atomic E-state index is 6.10. The number of rotatable bonds is 2. The first-order valence-electron chi connectivity index (χ1n) is 6.40. The number of aliphatic imine (C=N–C) groups is 1. The van der Waals surface area contributed by atoms with Crippen LogP contribution in [0.1, 0.15) is 58.8 Å². The first-order chi connectivity index (χ1) is 7.07. The van der Waals surface area contributed by atoms with Gasteiger partial charge in [0.25, 0.3) is 0 Å². The van der Waals surface area contributed by atoms with Crippen LogP contribution in [0.4, 0.5) is 0 Å². The fraction of sp³-hybridized carbons (Fsp3) is 0.923. The summed E-state index contributed by atoms with van der Waals surface area (Å²) in [5.41, 5.74) is 6.59. The van der Waals surface area contributed by atoms with Crippen molar-refractivity contribution in [3.63, 3.8) is 0 Å². The average molecular weight is 208 g/mol. The van der Waals surface area contributed by atoms with Crippen molar-refractivity contribution < 1.29 is 0 Å². The molecule has 2 aliphatic carbocycles. The summed E-state index contributed by atoms with van der Waals surface area (Å²) < 4.78 is 0. The second kappa shape index (κ2) is 4.15. The lowest BCUT2D eigenvalue weighted by Gasteiger charge is -2.16. The van der Waals surface area contributed by atoms with Crippen molar-refractivity contribution in [2.24, 2.45) is 22.1 Å². The minimum Gasteiger partial charge on any atom is -0.387 e. The first-order valence-corrected chi connectivity index (χ1v) is 6.40. The van der Waals surface area contributed by atoms with Crippen molar-refractivity contribution in [2.75, 3.05) is 0 Å². The lowest BCUT2D eigenvalue weighted by Crippen LogP contribution is -2.23. The molecule has 2 rings (SSSR count). The minimum absolute atomic E-state index is 0.490. The average Bonchev–Trinajstić information content (AvgIpc) is 2.74. The molecule has 0 amide bonds. The number of hydrogen-bond acceptors (Lipinski definition) is 1. The largest absolute Gasteiger partial charge is 0.387 e. The standard InChI is InChI=1S/C13H24N2/c1-13(2)8-7-11(9-13)15-12(14)10-5-3-4-6-10/h10-11H,3-9H2,1-2H3,(H2,14,15). The van der Waals surface area contributed by atoms with Gasteiger partial charge in [-0.15, -0.1) is 0 Å². The highest BCUT2D eigenvalue weighted by Crippen LogP contribution is 2.38. The molecule has 0 bridgehead atoms. The van der Waals surface area contributed by atoms with E-state index < -0.39 is 0 Å². The second-order valence-electron chi connectivity index (χ2n) is 6.10. The highest BCUT2D eigenvalue weighted by atomic mass is 14.9. The third-order valence-electron chi connectivity index (χ3n) is 4.05. The highest BCUT2D eigenvalue weighted by molar-refractivity contribution is 5.83. The van der Waals surface area contributed by atoms with Gasteiger partial charge in [0.1, 0.15) is 0 Å². The molecule has 2 nitrogen and oxygen atoms in total. The molecule has 0 saturated heterocycles. The molecule has 2 heteroatoms. The van der Waals surface area contributed by atoms with Crippen molar-refractivity contribution in [1.29, 1.82) is 0 Å². The summed E-state index contributed by atoms with van der Waals surface area (Å²) >= 11 is 0. The Morgan fingerprint density at radius 1 is 1.20 bits per heavy atom. The van der Waals surface area contributed by atoms with Crippen LogP contribution in [0.15, 0.2) is 4.99 Å². The van der Waals surface area contributed by atoms with Crippen LogP contribution in [-0.4, -0.2) is 11.9 Å². The SMILES string of the molecule is CC1(C)CCC(N=C(N)C2CCCC2)C1. The maximum absolute atomic E-state index is 6.10. The normalized spacial score (nSPS) is 32.4. The molecule has 15 heavy (non-hydrogen) atoms. The van der Waals surface area contributed by atoms with Crippen LogP contribution in [0, 0.1) is 11.3 Å². The molecule has 1 unspecified atom stereocenters. The molecular formula is C13H24N2. The van der Waals surface area contributed by atoms with Crippen LogP contribution < -0.4 is 5.73 Å². The molecule has 86 valence electrons. The third-order valence-corrected chi connectivity index (χ3v) is 4.05. The van der Waals surface area contributed by atoms with E-state index in [-0.39, 0.29) is 0 Å². The van der Waals surface area contributed by atoms with Crippen LogP contribution in [0.3, 0.4) is 0 Å². The summed E-state index contributed by atoms with van der Waals surface area (Å²) in [5, 5.41) is 0. The number of hydrogen-bond donors (Lipinski definition) is 1. The molecule has 2 aliphatic rings. The zero-order valence-corrected chi connectivity index (χ0v) is 10.1. The third kappa shape index (κ3) is 2.73. The van der Waals surface area contributed by atoms with Gasteiger partial charge in [-0.05, 0) is 37.5 Å². The molecule has 0 aromatic heterocycles. The van der Waals surface area contributed by atoms with Crippen LogP contribution in [0.5, 0.6) is 0 Å². The molecule has 0 radical (unpaired) electrons. The Hall–Kier alpha value is -0.530. The van der Waals surface area contributed by atoms with Gasteiger partial charge in [-0.3, -0.25) is 4.99 Å². The summed E-state index contributed by atoms with van der Waals surface area (Å²) in [6.07, 6.45) is 8.99. The van der Waals surface area contributed by atoms with Gasteiger partial charge in [-0.1, -0.05) is 26.7 Å². The number of nitrogens with two attached hydrogens (primary N) is 1. The van der Waals surface area contributed by atoms with E-state index in [0.29, 0.717) is 17.4 Å². The molecule has 0 aromatic carbocycles. The van der Waals surface area contributed by atoms with Crippen molar-refractivity contribution >= 4 is 5.84 Å². The minimum atomic E-state index is 0.490. The molecule has 2 N–H and O–H groups in total. The summed E-state index contributed by atoms with van der Waals surface area (Å²) in [6.45, 7) is 4.68. The van der Waals surface area contributed by atoms with Crippen molar-refractivity contribution in [3.8, 4) is 0 Å². The van der Waals surface area contributed by atoms with Gasteiger partial charge in [-0.25, -0.2) is 0 Å². The molecule has 0 aliphatic heterocycles. The second-order valence-corrected chi connectivity index (χ2v) is 6.10. The van der Waals surface area contributed by atoms with Crippen molar-refractivity contribution in [2.45, 2.75) is 64.8 Å². The lowest BCUT2D eigenvalue weighted by molar-refractivity contribution is 0.376. The molecule has 2 fully saturated rings.